The predicted molar refractivity (Wildman–Crippen MR) is 115 cm³/mol. The number of carbonyl (C=O) groups is 1. The molecule has 1 aromatic carbocycles. The van der Waals surface area contributed by atoms with Gasteiger partial charge in [0.1, 0.15) is 17.3 Å². The first-order valence-corrected chi connectivity index (χ1v) is 10.5. The minimum Gasteiger partial charge on any atom is -0.462 e. The smallest absolute Gasteiger partial charge is 0.345 e. The Balaban J connectivity index is 1.99. The molecule has 0 saturated heterocycles. The standard InChI is InChI=1S/C22H28N2O4S/c1-4-5-6-7-15-11-18-20(19(12-15)28-22(29)23-21(25)24-26)17-10-13(2)8-9-16(17)14(3)27-18/h10-12,16-17,26H,3-9H2,1-2H3,(H2,23,24,25,29). The number of hydrogen-bond acceptors (Lipinski definition) is 5. The van der Waals surface area contributed by atoms with Gasteiger partial charge < -0.3 is 9.47 Å². The third kappa shape index (κ3) is 4.97. The Labute approximate surface area is 176 Å². The van der Waals surface area contributed by atoms with E-state index in [4.69, 9.17) is 26.9 Å². The summed E-state index contributed by atoms with van der Waals surface area (Å²) in [5.41, 5.74) is 4.82. The fraction of sp³-hybridized carbons (Fsp3) is 0.455. The number of benzene rings is 1. The Morgan fingerprint density at radius 2 is 2.21 bits per heavy atom. The average molecular weight is 417 g/mol. The summed E-state index contributed by atoms with van der Waals surface area (Å²) >= 11 is 5.15. The average Bonchev–Trinajstić information content (AvgIpc) is 2.67. The van der Waals surface area contributed by atoms with Crippen LogP contribution in [0.4, 0.5) is 4.79 Å². The molecule has 1 aliphatic carbocycles. The van der Waals surface area contributed by atoms with Gasteiger partial charge in [0, 0.05) is 17.4 Å². The van der Waals surface area contributed by atoms with Gasteiger partial charge in [0.15, 0.2) is 0 Å². The highest BCUT2D eigenvalue weighted by Crippen LogP contribution is 2.51. The lowest BCUT2D eigenvalue weighted by atomic mass is 9.74. The number of carbonyl (C=O) groups excluding carboxylic acids is 1. The molecule has 2 unspecified atom stereocenters. The molecule has 0 spiro atoms. The number of ether oxygens (including phenoxy) is 2. The van der Waals surface area contributed by atoms with Crippen LogP contribution in [-0.2, 0) is 6.42 Å². The molecular weight excluding hydrogens is 388 g/mol. The number of hydrogen-bond donors (Lipinski definition) is 3. The number of fused-ring (bicyclic) bond motifs is 3. The molecule has 3 N–H and O–H groups in total. The number of amides is 2. The van der Waals surface area contributed by atoms with Gasteiger partial charge in [0.25, 0.3) is 5.17 Å². The van der Waals surface area contributed by atoms with Crippen LogP contribution in [0.2, 0.25) is 0 Å². The van der Waals surface area contributed by atoms with E-state index in [2.05, 4.69) is 37.9 Å². The molecule has 0 bridgehead atoms. The van der Waals surface area contributed by atoms with Crippen molar-refractivity contribution in [1.29, 1.82) is 0 Å². The quantitative estimate of drug-likeness (QED) is 0.204. The highest BCUT2D eigenvalue weighted by Gasteiger charge is 2.37. The summed E-state index contributed by atoms with van der Waals surface area (Å²) in [6, 6.07) is 3.19. The van der Waals surface area contributed by atoms with E-state index >= 15 is 0 Å². The topological polar surface area (TPSA) is 79.8 Å². The molecule has 0 radical (unpaired) electrons. The maximum atomic E-state index is 11.4. The number of allylic oxidation sites excluding steroid dienone is 3. The maximum Gasteiger partial charge on any atom is 0.345 e. The molecular formula is C22H28N2O4S. The monoisotopic (exact) mass is 416 g/mol. The van der Waals surface area contributed by atoms with Gasteiger partial charge >= 0.3 is 6.03 Å². The van der Waals surface area contributed by atoms with Gasteiger partial charge in [-0.1, -0.05) is 38.0 Å². The van der Waals surface area contributed by atoms with Gasteiger partial charge in [-0.05, 0) is 62.5 Å². The van der Waals surface area contributed by atoms with E-state index in [0.29, 0.717) is 5.75 Å². The lowest BCUT2D eigenvalue weighted by molar-refractivity contribution is 0.164. The molecule has 0 aromatic heterocycles. The zero-order valence-corrected chi connectivity index (χ0v) is 17.7. The Morgan fingerprint density at radius 1 is 1.41 bits per heavy atom. The van der Waals surface area contributed by atoms with Crippen LogP contribution in [0, 0.1) is 5.92 Å². The zero-order valence-electron chi connectivity index (χ0n) is 16.9. The number of aryl methyl sites for hydroxylation is 1. The second kappa shape index (κ2) is 9.41. The highest BCUT2D eigenvalue weighted by molar-refractivity contribution is 7.80. The van der Waals surface area contributed by atoms with Crippen LogP contribution in [0.3, 0.4) is 0 Å². The fourth-order valence-corrected chi connectivity index (χ4v) is 4.24. The summed E-state index contributed by atoms with van der Waals surface area (Å²) in [7, 11) is 0. The van der Waals surface area contributed by atoms with E-state index in [0.717, 1.165) is 61.2 Å². The Bertz CT molecular complexity index is 849. The number of nitrogens with one attached hydrogen (secondary N) is 2. The lowest BCUT2D eigenvalue weighted by Gasteiger charge is -2.37. The second-order valence-electron chi connectivity index (χ2n) is 7.67. The normalized spacial score (nSPS) is 20.0. The molecule has 1 aromatic rings. The van der Waals surface area contributed by atoms with E-state index in [9.17, 15) is 4.79 Å². The largest absolute Gasteiger partial charge is 0.462 e. The van der Waals surface area contributed by atoms with Gasteiger partial charge in [-0.3, -0.25) is 10.5 Å². The van der Waals surface area contributed by atoms with Gasteiger partial charge in [0.2, 0.25) is 0 Å². The number of urea groups is 1. The van der Waals surface area contributed by atoms with Crippen LogP contribution in [-0.4, -0.2) is 16.4 Å². The maximum absolute atomic E-state index is 11.4. The van der Waals surface area contributed by atoms with Crippen molar-refractivity contribution < 1.29 is 19.5 Å². The van der Waals surface area contributed by atoms with Crippen molar-refractivity contribution in [3.05, 3.63) is 47.2 Å². The summed E-state index contributed by atoms with van der Waals surface area (Å²) < 4.78 is 12.0. The third-order valence-electron chi connectivity index (χ3n) is 5.49. The fourth-order valence-electron chi connectivity index (χ4n) is 4.05. The van der Waals surface area contributed by atoms with Gasteiger partial charge in [-0.2, -0.15) is 0 Å². The van der Waals surface area contributed by atoms with Gasteiger partial charge in [-0.25, -0.2) is 10.3 Å². The molecule has 1 heterocycles. The van der Waals surface area contributed by atoms with Crippen molar-refractivity contribution in [3.63, 3.8) is 0 Å². The molecule has 3 rings (SSSR count). The minimum atomic E-state index is -0.848. The van der Waals surface area contributed by atoms with Crippen molar-refractivity contribution in [3.8, 4) is 11.5 Å². The van der Waals surface area contributed by atoms with E-state index in [-0.39, 0.29) is 17.0 Å². The van der Waals surface area contributed by atoms with Crippen LogP contribution < -0.4 is 20.3 Å². The number of unbranched alkanes of at least 4 members (excludes halogenated alkanes) is 2. The lowest BCUT2D eigenvalue weighted by Crippen LogP contribution is -2.39. The van der Waals surface area contributed by atoms with Crippen molar-refractivity contribution in [2.75, 3.05) is 0 Å². The molecule has 1 aliphatic heterocycles. The summed E-state index contributed by atoms with van der Waals surface area (Å²) in [6.45, 7) is 8.46. The van der Waals surface area contributed by atoms with Crippen LogP contribution in [0.15, 0.2) is 36.1 Å². The third-order valence-corrected chi connectivity index (χ3v) is 5.67. The minimum absolute atomic E-state index is 0.0918. The van der Waals surface area contributed by atoms with Crippen molar-refractivity contribution in [2.24, 2.45) is 5.92 Å². The molecule has 29 heavy (non-hydrogen) atoms. The zero-order chi connectivity index (χ0) is 21.0. The summed E-state index contributed by atoms with van der Waals surface area (Å²) in [6.07, 6.45) is 8.48. The Morgan fingerprint density at radius 3 is 2.93 bits per heavy atom. The summed E-state index contributed by atoms with van der Waals surface area (Å²) in [5, 5.41) is 10.8. The number of thiocarbonyl (C=S) groups is 1. The molecule has 156 valence electrons. The van der Waals surface area contributed by atoms with E-state index in [1.165, 1.54) is 11.1 Å². The van der Waals surface area contributed by atoms with E-state index in [1.54, 1.807) is 0 Å². The van der Waals surface area contributed by atoms with E-state index < -0.39 is 6.03 Å². The molecule has 0 fully saturated rings. The molecule has 0 saturated carbocycles. The van der Waals surface area contributed by atoms with Crippen LogP contribution in [0.1, 0.15) is 63.0 Å². The Hall–Kier alpha value is -2.38. The Kier molecular flexibility index (Phi) is 6.92. The predicted octanol–water partition coefficient (Wildman–Crippen LogP) is 5.12. The second-order valence-corrected chi connectivity index (χ2v) is 8.04. The van der Waals surface area contributed by atoms with Crippen LogP contribution in [0.25, 0.3) is 0 Å². The van der Waals surface area contributed by atoms with Gasteiger partial charge in [-0.15, -0.1) is 0 Å². The number of rotatable bonds is 5. The van der Waals surface area contributed by atoms with Crippen molar-refractivity contribution in [1.82, 2.24) is 10.8 Å². The molecule has 2 aliphatic rings. The van der Waals surface area contributed by atoms with Gasteiger partial charge in [0.05, 0.1) is 0 Å². The highest BCUT2D eigenvalue weighted by atomic mass is 32.1. The van der Waals surface area contributed by atoms with Crippen LogP contribution >= 0.6 is 12.2 Å². The summed E-state index contributed by atoms with van der Waals surface area (Å²) in [5.74, 6) is 2.37. The van der Waals surface area contributed by atoms with Crippen molar-refractivity contribution in [2.45, 2.75) is 58.3 Å². The first-order chi connectivity index (χ1) is 13.9. The van der Waals surface area contributed by atoms with Crippen molar-refractivity contribution >= 4 is 23.4 Å². The molecule has 6 nitrogen and oxygen atoms in total. The first-order valence-electron chi connectivity index (χ1n) is 10.1. The molecule has 7 heteroatoms. The summed E-state index contributed by atoms with van der Waals surface area (Å²) in [4.78, 5) is 11.4. The molecule has 2 atom stereocenters. The van der Waals surface area contributed by atoms with Crippen LogP contribution in [0.5, 0.6) is 11.5 Å². The first kappa shape index (κ1) is 21.3. The SMILES string of the molecule is C=C1Oc2cc(CCCCC)cc(OC(=S)NC(=O)NO)c2C2C=C(C)CCC12. The number of hydroxylamine groups is 1. The van der Waals surface area contributed by atoms with E-state index in [1.807, 2.05) is 6.07 Å². The molecule has 2 amide bonds.